The first kappa shape index (κ1) is 11.8. The van der Waals surface area contributed by atoms with E-state index in [1.165, 1.54) is 0 Å². The van der Waals surface area contributed by atoms with Gasteiger partial charge in [0.25, 0.3) is 0 Å². The highest BCUT2D eigenvalue weighted by molar-refractivity contribution is 5.76. The standard InChI is InChI=1S/C11H20N2O3/c1-8-15-6-10(7-16-8)13-4-2-9(3-5-13)11(12)14/h8-10H,2-7H2,1H3,(H2,12,14). The van der Waals surface area contributed by atoms with Gasteiger partial charge in [-0.2, -0.15) is 0 Å². The fourth-order valence-electron chi connectivity index (χ4n) is 2.35. The van der Waals surface area contributed by atoms with Gasteiger partial charge in [-0.3, -0.25) is 9.69 Å². The van der Waals surface area contributed by atoms with Gasteiger partial charge >= 0.3 is 0 Å². The Labute approximate surface area is 95.9 Å². The minimum absolute atomic E-state index is 0.0561. The van der Waals surface area contributed by atoms with E-state index >= 15 is 0 Å². The predicted molar refractivity (Wildman–Crippen MR) is 58.6 cm³/mol. The van der Waals surface area contributed by atoms with Gasteiger partial charge in [-0.1, -0.05) is 0 Å². The molecule has 2 aliphatic rings. The molecule has 0 saturated carbocycles. The van der Waals surface area contributed by atoms with Crippen molar-refractivity contribution in [2.75, 3.05) is 26.3 Å². The second-order valence-corrected chi connectivity index (χ2v) is 4.60. The lowest BCUT2D eigenvalue weighted by Gasteiger charge is -2.39. The molecule has 0 bridgehead atoms. The van der Waals surface area contributed by atoms with Crippen molar-refractivity contribution >= 4 is 5.91 Å². The number of carbonyl (C=O) groups excluding carboxylic acids is 1. The van der Waals surface area contributed by atoms with Crippen LogP contribution in [0.3, 0.4) is 0 Å². The summed E-state index contributed by atoms with van der Waals surface area (Å²) in [6.07, 6.45) is 1.64. The molecule has 0 aromatic heterocycles. The van der Waals surface area contributed by atoms with Gasteiger partial charge < -0.3 is 15.2 Å². The molecule has 16 heavy (non-hydrogen) atoms. The third-order valence-corrected chi connectivity index (χ3v) is 3.49. The van der Waals surface area contributed by atoms with Crippen molar-refractivity contribution in [3.63, 3.8) is 0 Å². The molecule has 5 nitrogen and oxygen atoms in total. The number of carbonyl (C=O) groups is 1. The molecule has 0 unspecified atom stereocenters. The van der Waals surface area contributed by atoms with Crippen molar-refractivity contribution in [2.24, 2.45) is 11.7 Å². The van der Waals surface area contributed by atoms with E-state index in [0.29, 0.717) is 6.04 Å². The summed E-state index contributed by atoms with van der Waals surface area (Å²) in [7, 11) is 0. The molecule has 0 aliphatic carbocycles. The summed E-state index contributed by atoms with van der Waals surface area (Å²) >= 11 is 0. The maximum absolute atomic E-state index is 11.0. The predicted octanol–water partition coefficient (Wildman–Crippen LogP) is -0.0549. The van der Waals surface area contributed by atoms with E-state index in [9.17, 15) is 4.79 Å². The Bertz CT molecular complexity index is 244. The molecule has 5 heteroatoms. The molecule has 2 fully saturated rings. The minimum Gasteiger partial charge on any atom is -0.369 e. The largest absolute Gasteiger partial charge is 0.369 e. The van der Waals surface area contributed by atoms with Crippen molar-refractivity contribution in [1.29, 1.82) is 0 Å². The molecule has 2 aliphatic heterocycles. The molecule has 2 rings (SSSR count). The number of primary amides is 1. The first-order valence-corrected chi connectivity index (χ1v) is 5.93. The number of rotatable bonds is 2. The molecule has 0 aromatic rings. The molecular formula is C11H20N2O3. The van der Waals surface area contributed by atoms with Crippen LogP contribution in [0.1, 0.15) is 19.8 Å². The molecule has 1 amide bonds. The topological polar surface area (TPSA) is 64.8 Å². The Morgan fingerprint density at radius 1 is 1.25 bits per heavy atom. The lowest BCUT2D eigenvalue weighted by Crippen LogP contribution is -2.50. The van der Waals surface area contributed by atoms with Gasteiger partial charge in [0, 0.05) is 5.92 Å². The van der Waals surface area contributed by atoms with Crippen LogP contribution in [0.25, 0.3) is 0 Å². The van der Waals surface area contributed by atoms with Gasteiger partial charge in [-0.05, 0) is 32.9 Å². The molecule has 0 atom stereocenters. The van der Waals surface area contributed by atoms with Gasteiger partial charge in [-0.25, -0.2) is 0 Å². The second kappa shape index (κ2) is 5.12. The third-order valence-electron chi connectivity index (χ3n) is 3.49. The fraction of sp³-hybridized carbons (Fsp3) is 0.909. The zero-order chi connectivity index (χ0) is 11.5. The number of amides is 1. The summed E-state index contributed by atoms with van der Waals surface area (Å²) in [6, 6.07) is 0.338. The van der Waals surface area contributed by atoms with Gasteiger partial charge in [0.2, 0.25) is 5.91 Å². The molecule has 2 saturated heterocycles. The van der Waals surface area contributed by atoms with Gasteiger partial charge in [0.1, 0.15) is 0 Å². The monoisotopic (exact) mass is 228 g/mol. The van der Waals surface area contributed by atoms with Crippen LogP contribution in [0.5, 0.6) is 0 Å². The highest BCUT2D eigenvalue weighted by Crippen LogP contribution is 2.20. The van der Waals surface area contributed by atoms with Crippen molar-refractivity contribution in [1.82, 2.24) is 4.90 Å². The Kier molecular flexibility index (Phi) is 3.78. The summed E-state index contributed by atoms with van der Waals surface area (Å²) < 4.78 is 10.9. The Morgan fingerprint density at radius 2 is 1.81 bits per heavy atom. The van der Waals surface area contributed by atoms with E-state index in [0.717, 1.165) is 39.1 Å². The zero-order valence-corrected chi connectivity index (χ0v) is 9.72. The summed E-state index contributed by atoms with van der Waals surface area (Å²) in [5.74, 6) is -0.106. The van der Waals surface area contributed by atoms with Crippen LogP contribution < -0.4 is 5.73 Å². The lowest BCUT2D eigenvalue weighted by atomic mass is 9.95. The van der Waals surface area contributed by atoms with Crippen molar-refractivity contribution in [3.05, 3.63) is 0 Å². The van der Waals surface area contributed by atoms with Crippen molar-refractivity contribution < 1.29 is 14.3 Å². The first-order chi connectivity index (χ1) is 7.66. The number of ether oxygens (including phenoxy) is 2. The summed E-state index contributed by atoms with van der Waals surface area (Å²) in [6.45, 7) is 5.19. The van der Waals surface area contributed by atoms with Crippen LogP contribution in [0, 0.1) is 5.92 Å². The van der Waals surface area contributed by atoms with Crippen LogP contribution >= 0.6 is 0 Å². The van der Waals surface area contributed by atoms with Crippen LogP contribution in [-0.2, 0) is 14.3 Å². The highest BCUT2D eigenvalue weighted by atomic mass is 16.7. The normalized spacial score (nSPS) is 33.8. The maximum atomic E-state index is 11.0. The Hall–Kier alpha value is -0.650. The smallest absolute Gasteiger partial charge is 0.220 e. The van der Waals surface area contributed by atoms with E-state index in [1.54, 1.807) is 0 Å². The van der Waals surface area contributed by atoms with Crippen molar-refractivity contribution in [2.45, 2.75) is 32.1 Å². The number of nitrogens with zero attached hydrogens (tertiary/aromatic N) is 1. The molecular weight excluding hydrogens is 208 g/mol. The number of piperidine rings is 1. The average molecular weight is 228 g/mol. The Balaban J connectivity index is 1.78. The quantitative estimate of drug-likeness (QED) is 0.719. The average Bonchev–Trinajstić information content (AvgIpc) is 2.30. The van der Waals surface area contributed by atoms with E-state index in [-0.39, 0.29) is 18.1 Å². The fourth-order valence-corrected chi connectivity index (χ4v) is 2.35. The van der Waals surface area contributed by atoms with E-state index in [2.05, 4.69) is 4.90 Å². The highest BCUT2D eigenvalue weighted by Gasteiger charge is 2.30. The number of likely N-dealkylation sites (tertiary alicyclic amines) is 1. The first-order valence-electron chi connectivity index (χ1n) is 5.93. The SMILES string of the molecule is CC1OCC(N2CCC(C(N)=O)CC2)CO1. The summed E-state index contributed by atoms with van der Waals surface area (Å²) in [5, 5.41) is 0. The third kappa shape index (κ3) is 2.72. The van der Waals surface area contributed by atoms with Crippen LogP contribution in [0.15, 0.2) is 0 Å². The molecule has 0 radical (unpaired) electrons. The van der Waals surface area contributed by atoms with Crippen LogP contribution in [0.4, 0.5) is 0 Å². The van der Waals surface area contributed by atoms with E-state index in [4.69, 9.17) is 15.2 Å². The molecule has 0 aromatic carbocycles. The van der Waals surface area contributed by atoms with E-state index < -0.39 is 0 Å². The zero-order valence-electron chi connectivity index (χ0n) is 9.72. The molecule has 2 N–H and O–H groups in total. The minimum atomic E-state index is -0.163. The lowest BCUT2D eigenvalue weighted by molar-refractivity contribution is -0.196. The van der Waals surface area contributed by atoms with Crippen molar-refractivity contribution in [3.8, 4) is 0 Å². The summed E-state index contributed by atoms with van der Waals surface area (Å²) in [5.41, 5.74) is 5.30. The van der Waals surface area contributed by atoms with Gasteiger partial charge in [-0.15, -0.1) is 0 Å². The van der Waals surface area contributed by atoms with Gasteiger partial charge in [0.15, 0.2) is 6.29 Å². The van der Waals surface area contributed by atoms with Gasteiger partial charge in [0.05, 0.1) is 19.3 Å². The van der Waals surface area contributed by atoms with Crippen LogP contribution in [-0.4, -0.2) is 49.4 Å². The Morgan fingerprint density at radius 3 is 2.31 bits per heavy atom. The van der Waals surface area contributed by atoms with Crippen LogP contribution in [0.2, 0.25) is 0 Å². The molecule has 2 heterocycles. The summed E-state index contributed by atoms with van der Waals surface area (Å²) in [4.78, 5) is 13.4. The number of nitrogens with two attached hydrogens (primary N) is 1. The number of hydrogen-bond acceptors (Lipinski definition) is 4. The number of hydrogen-bond donors (Lipinski definition) is 1. The molecule has 92 valence electrons. The molecule has 0 spiro atoms. The maximum Gasteiger partial charge on any atom is 0.220 e. The second-order valence-electron chi connectivity index (χ2n) is 4.60. The van der Waals surface area contributed by atoms with E-state index in [1.807, 2.05) is 6.92 Å².